The largest absolute Gasteiger partial charge is 0.508 e. The number of methoxy groups -OCH3 is 1. The molecule has 0 aliphatic carbocycles. The molecule has 0 unspecified atom stereocenters. The number of ether oxygens (including phenoxy) is 1. The number of hydrogen-bond donors (Lipinski definition) is 1. The second-order valence-electron chi connectivity index (χ2n) is 3.31. The molecule has 1 N–H and O–H groups in total. The second-order valence-corrected chi connectivity index (χ2v) is 3.31. The van der Waals surface area contributed by atoms with Crippen LogP contribution in [0.5, 0.6) is 11.5 Å². The van der Waals surface area contributed by atoms with E-state index in [0.29, 0.717) is 5.75 Å². The molecule has 0 spiro atoms. The topological polar surface area (TPSA) is 29.5 Å². The molecule has 1 aromatic rings. The van der Waals surface area contributed by atoms with Crippen molar-refractivity contribution in [2.45, 2.75) is 20.3 Å². The van der Waals surface area contributed by atoms with Crippen molar-refractivity contribution in [3.63, 3.8) is 0 Å². The second kappa shape index (κ2) is 4.70. The van der Waals surface area contributed by atoms with E-state index >= 15 is 0 Å². The van der Waals surface area contributed by atoms with Gasteiger partial charge in [-0.1, -0.05) is 11.6 Å². The fourth-order valence-electron chi connectivity index (χ4n) is 1.23. The van der Waals surface area contributed by atoms with Crippen molar-refractivity contribution in [1.82, 2.24) is 0 Å². The summed E-state index contributed by atoms with van der Waals surface area (Å²) in [5.74, 6) is 1.11. The molecule has 0 saturated heterocycles. The van der Waals surface area contributed by atoms with E-state index in [4.69, 9.17) is 4.74 Å². The van der Waals surface area contributed by atoms with E-state index < -0.39 is 0 Å². The third-order valence-corrected chi connectivity index (χ3v) is 2.25. The van der Waals surface area contributed by atoms with Crippen molar-refractivity contribution in [2.24, 2.45) is 0 Å². The lowest BCUT2D eigenvalue weighted by molar-refractivity contribution is 0.411. The molecule has 0 aliphatic rings. The van der Waals surface area contributed by atoms with E-state index in [2.05, 4.69) is 0 Å². The molecule has 2 heteroatoms. The highest BCUT2D eigenvalue weighted by Gasteiger charge is 2.03. The van der Waals surface area contributed by atoms with Crippen LogP contribution in [-0.4, -0.2) is 12.2 Å². The van der Waals surface area contributed by atoms with E-state index in [9.17, 15) is 5.11 Å². The molecule has 0 fully saturated rings. The zero-order chi connectivity index (χ0) is 10.6. The summed E-state index contributed by atoms with van der Waals surface area (Å²) in [6, 6.07) is 5.28. The van der Waals surface area contributed by atoms with E-state index in [0.717, 1.165) is 17.7 Å². The van der Waals surface area contributed by atoms with Gasteiger partial charge in [-0.15, -0.1) is 0 Å². The van der Waals surface area contributed by atoms with Crippen LogP contribution in [0.2, 0.25) is 0 Å². The van der Waals surface area contributed by atoms with Crippen LogP contribution in [0.1, 0.15) is 19.4 Å². The summed E-state index contributed by atoms with van der Waals surface area (Å²) in [5.41, 5.74) is 2.13. The molecule has 0 bridgehead atoms. The van der Waals surface area contributed by atoms with E-state index in [1.54, 1.807) is 19.2 Å². The van der Waals surface area contributed by atoms with Crippen LogP contribution in [0.3, 0.4) is 0 Å². The number of benzene rings is 1. The lowest BCUT2D eigenvalue weighted by atomic mass is 10.1. The van der Waals surface area contributed by atoms with Gasteiger partial charge in [-0.2, -0.15) is 0 Å². The Morgan fingerprint density at radius 1 is 1.50 bits per heavy atom. The smallest absolute Gasteiger partial charge is 0.119 e. The summed E-state index contributed by atoms with van der Waals surface area (Å²) in [7, 11) is 1.62. The highest BCUT2D eigenvalue weighted by atomic mass is 16.5. The van der Waals surface area contributed by atoms with Crippen LogP contribution in [0.25, 0.3) is 0 Å². The molecular weight excluding hydrogens is 176 g/mol. The molecule has 1 rings (SSSR count). The molecule has 2 nitrogen and oxygen atoms in total. The summed E-state index contributed by atoms with van der Waals surface area (Å²) in [4.78, 5) is 0. The van der Waals surface area contributed by atoms with Crippen LogP contribution >= 0.6 is 0 Å². The SMILES string of the molecule is C/C=C(\C)Cc1cc(OC)ccc1O. The maximum atomic E-state index is 9.59. The summed E-state index contributed by atoms with van der Waals surface area (Å²) in [6.45, 7) is 4.03. The molecule has 0 aliphatic heterocycles. The van der Waals surface area contributed by atoms with Gasteiger partial charge in [0.15, 0.2) is 0 Å². The quantitative estimate of drug-likeness (QED) is 0.746. The van der Waals surface area contributed by atoms with Gasteiger partial charge in [0.2, 0.25) is 0 Å². The summed E-state index contributed by atoms with van der Waals surface area (Å²) in [6.07, 6.45) is 2.80. The zero-order valence-electron chi connectivity index (χ0n) is 8.87. The third kappa shape index (κ3) is 2.52. The molecule has 0 radical (unpaired) electrons. The fourth-order valence-corrected chi connectivity index (χ4v) is 1.23. The Kier molecular flexibility index (Phi) is 3.57. The van der Waals surface area contributed by atoms with Crippen LogP contribution in [0.4, 0.5) is 0 Å². The Labute approximate surface area is 84.8 Å². The van der Waals surface area contributed by atoms with Crippen molar-refractivity contribution in [2.75, 3.05) is 7.11 Å². The monoisotopic (exact) mass is 192 g/mol. The third-order valence-electron chi connectivity index (χ3n) is 2.25. The van der Waals surface area contributed by atoms with Crippen LogP contribution < -0.4 is 4.74 Å². The zero-order valence-corrected chi connectivity index (χ0v) is 8.87. The highest BCUT2D eigenvalue weighted by Crippen LogP contribution is 2.24. The van der Waals surface area contributed by atoms with Gasteiger partial charge in [0.25, 0.3) is 0 Å². The van der Waals surface area contributed by atoms with Crippen molar-refractivity contribution in [3.8, 4) is 11.5 Å². The van der Waals surface area contributed by atoms with Gasteiger partial charge in [-0.3, -0.25) is 0 Å². The number of allylic oxidation sites excluding steroid dienone is 2. The standard InChI is InChI=1S/C12H16O2/c1-4-9(2)7-10-8-11(14-3)5-6-12(10)13/h4-6,8,13H,7H2,1-3H3/b9-4+. The Balaban J connectivity index is 2.95. The predicted molar refractivity (Wildman–Crippen MR) is 57.8 cm³/mol. The summed E-state index contributed by atoms with van der Waals surface area (Å²) in [5, 5.41) is 9.59. The molecule has 0 saturated carbocycles. The summed E-state index contributed by atoms with van der Waals surface area (Å²) >= 11 is 0. The average molecular weight is 192 g/mol. The van der Waals surface area contributed by atoms with Crippen LogP contribution in [-0.2, 0) is 6.42 Å². The van der Waals surface area contributed by atoms with Crippen molar-refractivity contribution in [1.29, 1.82) is 0 Å². The van der Waals surface area contributed by atoms with Gasteiger partial charge in [0.05, 0.1) is 7.11 Å². The van der Waals surface area contributed by atoms with Gasteiger partial charge >= 0.3 is 0 Å². The summed E-state index contributed by atoms with van der Waals surface area (Å²) < 4.78 is 5.09. The Bertz CT molecular complexity index is 340. The fraction of sp³-hybridized carbons (Fsp3) is 0.333. The number of phenolic OH excluding ortho intramolecular Hbond substituents is 1. The van der Waals surface area contributed by atoms with Crippen molar-refractivity contribution < 1.29 is 9.84 Å². The minimum atomic E-state index is 0.326. The average Bonchev–Trinajstić information content (AvgIpc) is 2.21. The molecule has 0 amide bonds. The minimum Gasteiger partial charge on any atom is -0.508 e. The molecular formula is C12H16O2. The molecule has 14 heavy (non-hydrogen) atoms. The van der Waals surface area contributed by atoms with Gasteiger partial charge in [-0.25, -0.2) is 0 Å². The van der Waals surface area contributed by atoms with Gasteiger partial charge < -0.3 is 9.84 Å². The van der Waals surface area contributed by atoms with Crippen LogP contribution in [0.15, 0.2) is 29.8 Å². The number of phenols is 1. The molecule has 0 aromatic heterocycles. The molecule has 76 valence electrons. The van der Waals surface area contributed by atoms with Gasteiger partial charge in [-0.05, 0) is 38.5 Å². The number of aromatic hydroxyl groups is 1. The molecule has 0 atom stereocenters. The first-order valence-electron chi connectivity index (χ1n) is 4.65. The normalized spacial score (nSPS) is 11.5. The number of rotatable bonds is 3. The maximum Gasteiger partial charge on any atom is 0.119 e. The van der Waals surface area contributed by atoms with E-state index in [1.165, 1.54) is 5.57 Å². The Morgan fingerprint density at radius 2 is 2.21 bits per heavy atom. The van der Waals surface area contributed by atoms with E-state index in [1.807, 2.05) is 26.0 Å². The van der Waals surface area contributed by atoms with E-state index in [-0.39, 0.29) is 0 Å². The minimum absolute atomic E-state index is 0.326. The molecule has 1 aromatic carbocycles. The van der Waals surface area contributed by atoms with Gasteiger partial charge in [0.1, 0.15) is 11.5 Å². The number of hydrogen-bond acceptors (Lipinski definition) is 2. The maximum absolute atomic E-state index is 9.59. The first kappa shape index (κ1) is 10.6. The lowest BCUT2D eigenvalue weighted by Gasteiger charge is -2.07. The lowest BCUT2D eigenvalue weighted by Crippen LogP contribution is -1.90. The van der Waals surface area contributed by atoms with Crippen LogP contribution in [0, 0.1) is 0 Å². The van der Waals surface area contributed by atoms with Gasteiger partial charge in [0, 0.05) is 5.56 Å². The van der Waals surface area contributed by atoms with Crippen molar-refractivity contribution in [3.05, 3.63) is 35.4 Å². The highest BCUT2D eigenvalue weighted by molar-refractivity contribution is 5.41. The predicted octanol–water partition coefficient (Wildman–Crippen LogP) is 2.91. The molecule has 0 heterocycles. The first-order chi connectivity index (χ1) is 6.67. The Morgan fingerprint density at radius 3 is 2.79 bits per heavy atom. The van der Waals surface area contributed by atoms with Crippen molar-refractivity contribution >= 4 is 0 Å². The first-order valence-corrected chi connectivity index (χ1v) is 4.65. The Hall–Kier alpha value is -1.44.